The number of aryl methyl sites for hydroxylation is 2. The van der Waals surface area contributed by atoms with E-state index in [0.29, 0.717) is 34.0 Å². The minimum absolute atomic E-state index is 0.136. The number of benzene rings is 2. The summed E-state index contributed by atoms with van der Waals surface area (Å²) in [6.07, 6.45) is 0. The van der Waals surface area contributed by atoms with Gasteiger partial charge in [-0.2, -0.15) is 0 Å². The summed E-state index contributed by atoms with van der Waals surface area (Å²) in [5.41, 5.74) is 3.25. The number of aromatic nitrogens is 1. The zero-order valence-electron chi connectivity index (χ0n) is 16.8. The van der Waals surface area contributed by atoms with Crippen molar-refractivity contribution in [2.75, 3.05) is 38.7 Å². The van der Waals surface area contributed by atoms with Crippen LogP contribution in [0.25, 0.3) is 10.2 Å². The van der Waals surface area contributed by atoms with Crippen LogP contribution < -0.4 is 9.64 Å². The second-order valence-corrected chi connectivity index (χ2v) is 8.92. The van der Waals surface area contributed by atoms with Gasteiger partial charge in [-0.25, -0.2) is 4.98 Å². The van der Waals surface area contributed by atoms with Gasteiger partial charge < -0.3 is 9.64 Å². The number of carbonyl (C=O) groups excluding carboxylic acids is 1. The number of hydrogen-bond donors (Lipinski definition) is 0. The number of halogens is 2. The first-order chi connectivity index (χ1) is 13.8. The molecule has 3 rings (SSSR count). The number of anilines is 1. The van der Waals surface area contributed by atoms with Crippen molar-refractivity contribution in [1.82, 2.24) is 9.88 Å². The maximum absolute atomic E-state index is 13.0. The van der Waals surface area contributed by atoms with Crippen molar-refractivity contribution in [3.05, 3.63) is 51.5 Å². The average Bonchev–Trinajstić information content (AvgIpc) is 3.08. The topological polar surface area (TPSA) is 45.7 Å². The molecule has 5 nitrogen and oxygen atoms in total. The first-order valence-corrected chi connectivity index (χ1v) is 10.7. The predicted octanol–water partition coefficient (Wildman–Crippen LogP) is 5.19. The third-order valence-electron chi connectivity index (χ3n) is 4.62. The maximum Gasteiger partial charge on any atom is 0.266 e. The SMILES string of the molecule is Cc1ccc2sc(N(CCN(C)C)C(=O)COc3ccc(Cl)cc3Cl)nc2c1C. The predicted molar refractivity (Wildman–Crippen MR) is 122 cm³/mol. The lowest BCUT2D eigenvalue weighted by molar-refractivity contribution is -0.120. The number of carbonyl (C=O) groups is 1. The molecule has 29 heavy (non-hydrogen) atoms. The second kappa shape index (κ2) is 9.30. The number of amides is 1. The summed E-state index contributed by atoms with van der Waals surface area (Å²) >= 11 is 13.6. The fourth-order valence-corrected chi connectivity index (χ4v) is 4.30. The van der Waals surface area contributed by atoms with Crippen LogP contribution in [0.2, 0.25) is 10.0 Å². The van der Waals surface area contributed by atoms with Gasteiger partial charge in [0.25, 0.3) is 5.91 Å². The Labute approximate surface area is 184 Å². The van der Waals surface area contributed by atoms with Gasteiger partial charge in [-0.15, -0.1) is 0 Å². The highest BCUT2D eigenvalue weighted by atomic mass is 35.5. The summed E-state index contributed by atoms with van der Waals surface area (Å²) in [6.45, 7) is 5.21. The molecule has 154 valence electrons. The Balaban J connectivity index is 1.84. The second-order valence-electron chi connectivity index (χ2n) is 7.06. The van der Waals surface area contributed by atoms with Crippen LogP contribution in [0.1, 0.15) is 11.1 Å². The number of likely N-dealkylation sites (N-methyl/N-ethyl adjacent to an activating group) is 1. The largest absolute Gasteiger partial charge is 0.482 e. The van der Waals surface area contributed by atoms with Crippen LogP contribution in [0, 0.1) is 13.8 Å². The first kappa shape index (κ1) is 21.8. The smallest absolute Gasteiger partial charge is 0.266 e. The van der Waals surface area contributed by atoms with Crippen molar-refractivity contribution < 1.29 is 9.53 Å². The molecule has 1 aromatic heterocycles. The Kier molecular flexibility index (Phi) is 7.01. The molecule has 0 unspecified atom stereocenters. The van der Waals surface area contributed by atoms with Gasteiger partial charge in [0.05, 0.1) is 15.2 Å². The Morgan fingerprint density at radius 2 is 1.90 bits per heavy atom. The number of ether oxygens (including phenoxy) is 1. The van der Waals surface area contributed by atoms with Crippen LogP contribution in [0.3, 0.4) is 0 Å². The number of fused-ring (bicyclic) bond motifs is 1. The van der Waals surface area contributed by atoms with Gasteiger partial charge in [0.1, 0.15) is 5.75 Å². The zero-order valence-corrected chi connectivity index (χ0v) is 19.2. The molecule has 0 saturated carbocycles. The highest BCUT2D eigenvalue weighted by molar-refractivity contribution is 7.22. The Bertz CT molecular complexity index is 1040. The van der Waals surface area contributed by atoms with Crippen LogP contribution in [0.5, 0.6) is 5.75 Å². The monoisotopic (exact) mass is 451 g/mol. The van der Waals surface area contributed by atoms with E-state index in [2.05, 4.69) is 26.0 Å². The van der Waals surface area contributed by atoms with E-state index in [4.69, 9.17) is 32.9 Å². The average molecular weight is 452 g/mol. The van der Waals surface area contributed by atoms with E-state index in [9.17, 15) is 4.79 Å². The highest BCUT2D eigenvalue weighted by Gasteiger charge is 2.21. The van der Waals surface area contributed by atoms with Crippen molar-refractivity contribution in [3.8, 4) is 5.75 Å². The molecule has 0 aliphatic carbocycles. The van der Waals surface area contributed by atoms with Gasteiger partial charge >= 0.3 is 0 Å². The lowest BCUT2D eigenvalue weighted by Gasteiger charge is -2.22. The van der Waals surface area contributed by atoms with Gasteiger partial charge in [0.15, 0.2) is 11.7 Å². The molecule has 0 saturated heterocycles. The number of rotatable bonds is 7. The fraction of sp³-hybridized carbons (Fsp3) is 0.333. The fourth-order valence-electron chi connectivity index (χ4n) is 2.77. The highest BCUT2D eigenvalue weighted by Crippen LogP contribution is 2.32. The summed E-state index contributed by atoms with van der Waals surface area (Å²) in [5, 5.41) is 1.56. The van der Waals surface area contributed by atoms with E-state index >= 15 is 0 Å². The number of hydrogen-bond acceptors (Lipinski definition) is 5. The van der Waals surface area contributed by atoms with E-state index < -0.39 is 0 Å². The van der Waals surface area contributed by atoms with E-state index in [0.717, 1.165) is 15.8 Å². The third-order valence-corrected chi connectivity index (χ3v) is 6.20. The zero-order chi connectivity index (χ0) is 21.1. The standard InChI is InChI=1S/C21H23Cl2N3O2S/c1-13-5-8-18-20(14(13)2)24-21(29-18)26(10-9-25(3)4)19(27)12-28-17-7-6-15(22)11-16(17)23/h5-8,11H,9-10,12H2,1-4H3. The molecule has 8 heteroatoms. The van der Waals surface area contributed by atoms with Crippen LogP contribution in [-0.4, -0.2) is 49.6 Å². The van der Waals surface area contributed by atoms with Gasteiger partial charge in [-0.1, -0.05) is 40.6 Å². The third kappa shape index (κ3) is 5.20. The molecule has 0 radical (unpaired) electrons. The molecule has 0 aliphatic heterocycles. The molecule has 1 amide bonds. The van der Waals surface area contributed by atoms with Crippen LogP contribution >= 0.6 is 34.5 Å². The molecule has 0 aliphatic rings. The molecule has 1 heterocycles. The lowest BCUT2D eigenvalue weighted by Crippen LogP contribution is -2.39. The van der Waals surface area contributed by atoms with Crippen LogP contribution in [0.4, 0.5) is 5.13 Å². The molecule has 2 aromatic carbocycles. The summed E-state index contributed by atoms with van der Waals surface area (Å²) in [5.74, 6) is 0.249. The number of thiazole rings is 1. The van der Waals surface area contributed by atoms with Crippen LogP contribution in [-0.2, 0) is 4.79 Å². The van der Waals surface area contributed by atoms with Crippen molar-refractivity contribution in [1.29, 1.82) is 0 Å². The summed E-state index contributed by atoms with van der Waals surface area (Å²) in [7, 11) is 3.94. The Hall–Kier alpha value is -1.86. The summed E-state index contributed by atoms with van der Waals surface area (Å²) in [6, 6.07) is 9.06. The van der Waals surface area contributed by atoms with E-state index in [-0.39, 0.29) is 12.5 Å². The molecular weight excluding hydrogens is 429 g/mol. The lowest BCUT2D eigenvalue weighted by atomic mass is 10.1. The molecule has 3 aromatic rings. The van der Waals surface area contributed by atoms with Gasteiger partial charge in [-0.3, -0.25) is 9.69 Å². The molecule has 0 atom stereocenters. The maximum atomic E-state index is 13.0. The van der Waals surface area contributed by atoms with E-state index in [1.165, 1.54) is 16.9 Å². The van der Waals surface area contributed by atoms with Gasteiger partial charge in [-0.05, 0) is 63.3 Å². The molecule has 0 bridgehead atoms. The van der Waals surface area contributed by atoms with Crippen molar-refractivity contribution >= 4 is 55.8 Å². The van der Waals surface area contributed by atoms with Gasteiger partial charge in [0, 0.05) is 18.1 Å². The Morgan fingerprint density at radius 3 is 2.59 bits per heavy atom. The van der Waals surface area contributed by atoms with Crippen molar-refractivity contribution in [3.63, 3.8) is 0 Å². The first-order valence-electron chi connectivity index (χ1n) is 9.16. The molecular formula is C21H23Cl2N3O2S. The van der Waals surface area contributed by atoms with Gasteiger partial charge in [0.2, 0.25) is 0 Å². The normalized spacial score (nSPS) is 11.3. The Morgan fingerprint density at radius 1 is 1.14 bits per heavy atom. The van der Waals surface area contributed by atoms with Crippen molar-refractivity contribution in [2.45, 2.75) is 13.8 Å². The molecule has 0 fully saturated rings. The van der Waals surface area contributed by atoms with Crippen molar-refractivity contribution in [2.24, 2.45) is 0 Å². The molecule has 0 N–H and O–H groups in total. The van der Waals surface area contributed by atoms with Crippen LogP contribution in [0.15, 0.2) is 30.3 Å². The minimum Gasteiger partial charge on any atom is -0.482 e. The summed E-state index contributed by atoms with van der Waals surface area (Å²) < 4.78 is 6.72. The number of nitrogens with zero attached hydrogens (tertiary/aromatic N) is 3. The quantitative estimate of drug-likeness (QED) is 0.495. The summed E-state index contributed by atoms with van der Waals surface area (Å²) in [4.78, 5) is 21.5. The van der Waals surface area contributed by atoms with E-state index in [1.54, 1.807) is 23.1 Å². The minimum atomic E-state index is -0.175. The van der Waals surface area contributed by atoms with E-state index in [1.807, 2.05) is 19.0 Å². The molecule has 0 spiro atoms.